The van der Waals surface area contributed by atoms with Crippen LogP contribution in [0.2, 0.25) is 0 Å². The number of ether oxygens (including phenoxy) is 2. The Balaban J connectivity index is 1.56. The molecular weight excluding hydrogens is 538 g/mol. The largest absolute Gasteiger partial charge is 0.462 e. The van der Waals surface area contributed by atoms with Crippen LogP contribution in [0.5, 0.6) is 0 Å². The van der Waals surface area contributed by atoms with E-state index in [0.717, 1.165) is 31.2 Å². The zero-order chi connectivity index (χ0) is 30.4. The van der Waals surface area contributed by atoms with Crippen molar-refractivity contribution in [1.29, 1.82) is 0 Å². The van der Waals surface area contributed by atoms with Gasteiger partial charge in [0.25, 0.3) is 0 Å². The van der Waals surface area contributed by atoms with E-state index in [0.29, 0.717) is 32.1 Å². The van der Waals surface area contributed by atoms with Crippen LogP contribution in [0.3, 0.4) is 0 Å². The van der Waals surface area contributed by atoms with Crippen molar-refractivity contribution in [3.8, 4) is 0 Å². The summed E-state index contributed by atoms with van der Waals surface area (Å²) in [4.78, 5) is 51.6. The van der Waals surface area contributed by atoms with Crippen molar-refractivity contribution in [3.05, 3.63) is 61.2 Å². The Morgan fingerprint density at radius 2 is 1.50 bits per heavy atom. The molecule has 0 bridgehead atoms. The Morgan fingerprint density at radius 1 is 0.881 bits per heavy atom. The topological polar surface area (TPSA) is 143 Å². The Bertz CT molecular complexity index is 1080. The van der Waals surface area contributed by atoms with Crippen molar-refractivity contribution in [1.82, 2.24) is 16.0 Å². The summed E-state index contributed by atoms with van der Waals surface area (Å²) in [6.45, 7) is 7.28. The molecule has 0 aromatic heterocycles. The fourth-order valence-electron chi connectivity index (χ4n) is 5.75. The molecule has 10 heteroatoms. The second-order valence-electron chi connectivity index (χ2n) is 11.5. The van der Waals surface area contributed by atoms with Gasteiger partial charge in [0.1, 0.15) is 19.3 Å². The molecule has 2 aliphatic rings. The lowest BCUT2D eigenvalue weighted by atomic mass is 9.93. The van der Waals surface area contributed by atoms with E-state index in [2.05, 4.69) is 29.1 Å². The lowest BCUT2D eigenvalue weighted by molar-refractivity contribution is -0.149. The SMILES string of the molecule is C=CCC(CC(=O)NC1(CO)CCCC1)C(=O)NC1(COC(=O)C(CC=C)NC(=O)OCc2ccccc2)CCCC1. The summed E-state index contributed by atoms with van der Waals surface area (Å²) >= 11 is 0. The van der Waals surface area contributed by atoms with Crippen molar-refractivity contribution >= 4 is 23.9 Å². The number of amides is 3. The van der Waals surface area contributed by atoms with Crippen LogP contribution in [0.25, 0.3) is 0 Å². The van der Waals surface area contributed by atoms with Gasteiger partial charge in [-0.3, -0.25) is 9.59 Å². The number of rotatable bonds is 16. The minimum Gasteiger partial charge on any atom is -0.462 e. The Labute approximate surface area is 248 Å². The van der Waals surface area contributed by atoms with Crippen LogP contribution < -0.4 is 16.0 Å². The van der Waals surface area contributed by atoms with Gasteiger partial charge in [0.05, 0.1) is 23.6 Å². The number of nitrogens with one attached hydrogen (secondary N) is 3. The van der Waals surface area contributed by atoms with E-state index in [9.17, 15) is 24.3 Å². The molecule has 3 rings (SSSR count). The van der Waals surface area contributed by atoms with E-state index < -0.39 is 35.1 Å². The van der Waals surface area contributed by atoms with Crippen LogP contribution in [0, 0.1) is 5.92 Å². The Morgan fingerprint density at radius 3 is 2.10 bits per heavy atom. The van der Waals surface area contributed by atoms with E-state index in [-0.39, 0.29) is 44.5 Å². The predicted octanol–water partition coefficient (Wildman–Crippen LogP) is 3.83. The van der Waals surface area contributed by atoms with Crippen molar-refractivity contribution in [2.75, 3.05) is 13.2 Å². The van der Waals surface area contributed by atoms with Crippen molar-refractivity contribution in [2.24, 2.45) is 5.92 Å². The molecule has 2 atom stereocenters. The molecule has 2 saturated carbocycles. The molecule has 0 aliphatic heterocycles. The first-order valence-corrected chi connectivity index (χ1v) is 14.8. The monoisotopic (exact) mass is 583 g/mol. The molecule has 2 aliphatic carbocycles. The van der Waals surface area contributed by atoms with Crippen molar-refractivity contribution < 1.29 is 33.8 Å². The Hall–Kier alpha value is -3.66. The fraction of sp³-hybridized carbons (Fsp3) is 0.562. The van der Waals surface area contributed by atoms with Crippen LogP contribution in [0.15, 0.2) is 55.6 Å². The molecule has 4 N–H and O–H groups in total. The highest BCUT2D eigenvalue weighted by atomic mass is 16.6. The average Bonchev–Trinajstić information content (AvgIpc) is 3.65. The number of aliphatic hydroxyl groups excluding tert-OH is 1. The van der Waals surface area contributed by atoms with Gasteiger partial charge < -0.3 is 30.5 Å². The first kappa shape index (κ1) is 32.8. The van der Waals surface area contributed by atoms with Crippen LogP contribution >= 0.6 is 0 Å². The molecule has 0 heterocycles. The number of allylic oxidation sites excluding steroid dienone is 1. The number of hydrogen-bond donors (Lipinski definition) is 4. The average molecular weight is 584 g/mol. The van der Waals surface area contributed by atoms with Gasteiger partial charge in [-0.15, -0.1) is 13.2 Å². The molecule has 2 fully saturated rings. The third-order valence-electron chi connectivity index (χ3n) is 8.15. The minimum absolute atomic E-state index is 0.0358. The van der Waals surface area contributed by atoms with Crippen LogP contribution in [0.1, 0.15) is 76.2 Å². The first-order chi connectivity index (χ1) is 20.2. The van der Waals surface area contributed by atoms with E-state index in [1.54, 1.807) is 6.08 Å². The third-order valence-corrected chi connectivity index (χ3v) is 8.15. The molecule has 0 spiro atoms. The molecule has 1 aromatic rings. The summed E-state index contributed by atoms with van der Waals surface area (Å²) in [6, 6.07) is 8.19. The van der Waals surface area contributed by atoms with Gasteiger partial charge in [-0.1, -0.05) is 68.2 Å². The number of esters is 1. The summed E-state index contributed by atoms with van der Waals surface area (Å²) < 4.78 is 10.9. The lowest BCUT2D eigenvalue weighted by Crippen LogP contribution is -2.54. The lowest BCUT2D eigenvalue weighted by Gasteiger charge is -2.33. The summed E-state index contributed by atoms with van der Waals surface area (Å²) in [6.07, 6.45) is 9.03. The molecule has 0 saturated heterocycles. The van der Waals surface area contributed by atoms with Gasteiger partial charge in [-0.2, -0.15) is 0 Å². The van der Waals surface area contributed by atoms with E-state index >= 15 is 0 Å². The first-order valence-electron chi connectivity index (χ1n) is 14.8. The number of aliphatic hydroxyl groups is 1. The van der Waals surface area contributed by atoms with Gasteiger partial charge in [-0.25, -0.2) is 9.59 Å². The van der Waals surface area contributed by atoms with Gasteiger partial charge in [-0.05, 0) is 44.1 Å². The van der Waals surface area contributed by atoms with Crippen molar-refractivity contribution in [2.45, 2.75) is 94.4 Å². The summed E-state index contributed by atoms with van der Waals surface area (Å²) in [5.74, 6) is -1.89. The van der Waals surface area contributed by atoms with Crippen LogP contribution in [-0.4, -0.2) is 59.3 Å². The standard InChI is InChI=1S/C32H45N3O7/c1-3-12-25(20-27(37)34-31(22-36)16-8-9-17-31)28(38)35-32(18-10-11-19-32)23-42-29(39)26(13-4-2)33-30(40)41-21-24-14-6-5-7-15-24/h3-7,14-15,25-26,36H,1-2,8-13,16-23H2,(H,33,40)(H,34,37)(H,35,38). The van der Waals surface area contributed by atoms with E-state index in [4.69, 9.17) is 9.47 Å². The van der Waals surface area contributed by atoms with E-state index in [1.807, 2.05) is 30.3 Å². The number of carbonyl (C=O) groups excluding carboxylic acids is 4. The third kappa shape index (κ3) is 9.72. The Kier molecular flexibility index (Phi) is 12.6. The predicted molar refractivity (Wildman–Crippen MR) is 158 cm³/mol. The van der Waals surface area contributed by atoms with Gasteiger partial charge in [0, 0.05) is 6.42 Å². The van der Waals surface area contributed by atoms with Crippen molar-refractivity contribution in [3.63, 3.8) is 0 Å². The molecule has 2 unspecified atom stereocenters. The second-order valence-corrected chi connectivity index (χ2v) is 11.5. The smallest absolute Gasteiger partial charge is 0.408 e. The summed E-state index contributed by atoms with van der Waals surface area (Å²) in [5, 5.41) is 18.4. The van der Waals surface area contributed by atoms with Gasteiger partial charge in [0.15, 0.2) is 0 Å². The second kappa shape index (κ2) is 16.1. The zero-order valence-corrected chi connectivity index (χ0v) is 24.4. The number of benzene rings is 1. The molecule has 230 valence electrons. The zero-order valence-electron chi connectivity index (χ0n) is 24.4. The molecule has 0 radical (unpaired) electrons. The highest BCUT2D eigenvalue weighted by Crippen LogP contribution is 2.32. The fourth-order valence-corrected chi connectivity index (χ4v) is 5.75. The maximum absolute atomic E-state index is 13.4. The molecule has 3 amide bonds. The number of hydrogen-bond acceptors (Lipinski definition) is 7. The normalized spacial score (nSPS) is 18.2. The molecular formula is C32H45N3O7. The number of carbonyl (C=O) groups is 4. The highest BCUT2D eigenvalue weighted by Gasteiger charge is 2.40. The molecule has 1 aromatic carbocycles. The highest BCUT2D eigenvalue weighted by molar-refractivity contribution is 5.87. The number of alkyl carbamates (subject to hydrolysis) is 1. The maximum atomic E-state index is 13.4. The maximum Gasteiger partial charge on any atom is 0.408 e. The molecule has 42 heavy (non-hydrogen) atoms. The summed E-state index contributed by atoms with van der Waals surface area (Å²) in [5.41, 5.74) is -0.572. The molecule has 10 nitrogen and oxygen atoms in total. The van der Waals surface area contributed by atoms with Crippen LogP contribution in [0.4, 0.5) is 4.79 Å². The van der Waals surface area contributed by atoms with Gasteiger partial charge in [0.2, 0.25) is 11.8 Å². The van der Waals surface area contributed by atoms with E-state index in [1.165, 1.54) is 6.08 Å². The quantitative estimate of drug-likeness (QED) is 0.171. The summed E-state index contributed by atoms with van der Waals surface area (Å²) in [7, 11) is 0. The van der Waals surface area contributed by atoms with Gasteiger partial charge >= 0.3 is 12.1 Å². The van der Waals surface area contributed by atoms with Crippen LogP contribution in [-0.2, 0) is 30.5 Å². The minimum atomic E-state index is -0.994.